The molecule has 4 aromatic rings. The van der Waals surface area contributed by atoms with E-state index in [-0.39, 0.29) is 12.3 Å². The molecular weight excluding hydrogens is 428 g/mol. The number of fused-ring (bicyclic) bond motifs is 1. The molecule has 0 N–H and O–H groups in total. The summed E-state index contributed by atoms with van der Waals surface area (Å²) in [5.74, 6) is 1.06. The lowest BCUT2D eigenvalue weighted by atomic mass is 9.97. The van der Waals surface area contributed by atoms with Crippen LogP contribution in [-0.2, 0) is 6.61 Å². The van der Waals surface area contributed by atoms with Gasteiger partial charge < -0.3 is 9.47 Å². The van der Waals surface area contributed by atoms with E-state index < -0.39 is 4.92 Å². The van der Waals surface area contributed by atoms with Crippen molar-refractivity contribution in [2.45, 2.75) is 13.5 Å². The largest absolute Gasteiger partial charge is 0.490 e. The zero-order valence-electron chi connectivity index (χ0n) is 18.6. The van der Waals surface area contributed by atoms with Crippen molar-refractivity contribution in [3.8, 4) is 17.6 Å². The van der Waals surface area contributed by atoms with Crippen LogP contribution in [0.1, 0.15) is 23.6 Å². The zero-order valence-corrected chi connectivity index (χ0v) is 18.6. The molecule has 0 spiro atoms. The third-order valence-corrected chi connectivity index (χ3v) is 5.29. The molecule has 6 heteroatoms. The lowest BCUT2D eigenvalue weighted by Crippen LogP contribution is -2.00. The fourth-order valence-corrected chi connectivity index (χ4v) is 3.72. The average Bonchev–Trinajstić information content (AvgIpc) is 2.87. The number of non-ortho nitro benzene ring substituents is 1. The van der Waals surface area contributed by atoms with Gasteiger partial charge in [0.25, 0.3) is 5.69 Å². The molecule has 0 bridgehead atoms. The van der Waals surface area contributed by atoms with Crippen LogP contribution in [0.4, 0.5) is 5.69 Å². The second kappa shape index (κ2) is 10.3. The molecule has 0 saturated carbocycles. The Morgan fingerprint density at radius 1 is 0.971 bits per heavy atom. The van der Waals surface area contributed by atoms with E-state index in [1.54, 1.807) is 18.2 Å². The summed E-state index contributed by atoms with van der Waals surface area (Å²) >= 11 is 0. The number of nitrogens with zero attached hydrogens (tertiary/aromatic N) is 2. The molecule has 0 aliphatic heterocycles. The standard InChI is InChI=1S/C28H22N2O4/c1-2-33-28-17-20(13-14-27(28)34-19-21-7-5-10-24(16-21)30(31)32)15-23(18-29)26-12-6-9-22-8-3-4-11-25(22)26/h3-17H,2,19H2,1H3/b23-15-. The molecule has 0 unspecified atom stereocenters. The van der Waals surface area contributed by atoms with Gasteiger partial charge in [0.1, 0.15) is 6.61 Å². The Balaban J connectivity index is 1.63. The maximum Gasteiger partial charge on any atom is 0.269 e. The van der Waals surface area contributed by atoms with E-state index in [0.717, 1.165) is 21.9 Å². The lowest BCUT2D eigenvalue weighted by Gasteiger charge is -2.13. The highest BCUT2D eigenvalue weighted by molar-refractivity contribution is 6.01. The van der Waals surface area contributed by atoms with Crippen molar-refractivity contribution < 1.29 is 14.4 Å². The molecule has 4 aromatic carbocycles. The van der Waals surface area contributed by atoms with Gasteiger partial charge in [-0.05, 0) is 47.0 Å². The summed E-state index contributed by atoms with van der Waals surface area (Å²) in [5.41, 5.74) is 2.91. The van der Waals surface area contributed by atoms with Gasteiger partial charge in [-0.3, -0.25) is 10.1 Å². The molecule has 0 radical (unpaired) electrons. The summed E-state index contributed by atoms with van der Waals surface area (Å²) in [7, 11) is 0. The number of nitro benzene ring substituents is 1. The van der Waals surface area contributed by atoms with Crippen molar-refractivity contribution in [3.05, 3.63) is 112 Å². The molecule has 0 atom stereocenters. The molecule has 4 rings (SSSR count). The van der Waals surface area contributed by atoms with Crippen molar-refractivity contribution in [2.75, 3.05) is 6.61 Å². The minimum atomic E-state index is -0.432. The molecule has 168 valence electrons. The third-order valence-electron chi connectivity index (χ3n) is 5.29. The first kappa shape index (κ1) is 22.6. The van der Waals surface area contributed by atoms with Crippen LogP contribution in [0, 0.1) is 21.4 Å². The number of rotatable bonds is 8. The molecule has 34 heavy (non-hydrogen) atoms. The van der Waals surface area contributed by atoms with Crippen LogP contribution in [0.3, 0.4) is 0 Å². The van der Waals surface area contributed by atoms with Gasteiger partial charge in [-0.15, -0.1) is 0 Å². The highest BCUT2D eigenvalue weighted by atomic mass is 16.6. The maximum atomic E-state index is 11.0. The van der Waals surface area contributed by atoms with Gasteiger partial charge in [0.05, 0.1) is 23.2 Å². The number of hydrogen-bond acceptors (Lipinski definition) is 5. The van der Waals surface area contributed by atoms with Gasteiger partial charge in [-0.2, -0.15) is 5.26 Å². The molecule has 0 fully saturated rings. The summed E-state index contributed by atoms with van der Waals surface area (Å²) < 4.78 is 11.7. The van der Waals surface area contributed by atoms with E-state index in [1.165, 1.54) is 12.1 Å². The van der Waals surface area contributed by atoms with Crippen molar-refractivity contribution in [1.29, 1.82) is 5.26 Å². The Bertz CT molecular complexity index is 1410. The minimum Gasteiger partial charge on any atom is -0.490 e. The van der Waals surface area contributed by atoms with Gasteiger partial charge in [0.15, 0.2) is 11.5 Å². The lowest BCUT2D eigenvalue weighted by molar-refractivity contribution is -0.384. The van der Waals surface area contributed by atoms with E-state index in [2.05, 4.69) is 6.07 Å². The van der Waals surface area contributed by atoms with Crippen LogP contribution in [-0.4, -0.2) is 11.5 Å². The van der Waals surface area contributed by atoms with Crippen LogP contribution in [0.15, 0.2) is 84.9 Å². The minimum absolute atomic E-state index is 0.0177. The molecule has 6 nitrogen and oxygen atoms in total. The van der Waals surface area contributed by atoms with Crippen molar-refractivity contribution >= 4 is 28.1 Å². The highest BCUT2D eigenvalue weighted by Crippen LogP contribution is 2.32. The van der Waals surface area contributed by atoms with E-state index in [0.29, 0.717) is 29.2 Å². The molecule has 0 aromatic heterocycles. The predicted octanol–water partition coefficient (Wildman–Crippen LogP) is 6.79. The highest BCUT2D eigenvalue weighted by Gasteiger charge is 2.11. The Labute approximate surface area is 197 Å². The Morgan fingerprint density at radius 3 is 2.56 bits per heavy atom. The molecule has 0 aliphatic rings. The van der Waals surface area contributed by atoms with Crippen LogP contribution >= 0.6 is 0 Å². The van der Waals surface area contributed by atoms with Gasteiger partial charge >= 0.3 is 0 Å². The van der Waals surface area contributed by atoms with Crippen LogP contribution < -0.4 is 9.47 Å². The number of nitro groups is 1. The van der Waals surface area contributed by atoms with E-state index >= 15 is 0 Å². The fraction of sp³-hybridized carbons (Fsp3) is 0.107. The number of ether oxygens (including phenoxy) is 2. The Kier molecular flexibility index (Phi) is 6.85. The fourth-order valence-electron chi connectivity index (χ4n) is 3.72. The molecule has 0 aliphatic carbocycles. The molecule has 0 saturated heterocycles. The number of allylic oxidation sites excluding steroid dienone is 1. The Morgan fingerprint density at radius 2 is 1.76 bits per heavy atom. The monoisotopic (exact) mass is 450 g/mol. The average molecular weight is 450 g/mol. The number of nitriles is 1. The van der Waals surface area contributed by atoms with E-state index in [4.69, 9.17) is 9.47 Å². The van der Waals surface area contributed by atoms with Crippen LogP contribution in [0.5, 0.6) is 11.5 Å². The summed E-state index contributed by atoms with van der Waals surface area (Å²) in [6.07, 6.45) is 1.83. The van der Waals surface area contributed by atoms with Gasteiger partial charge in [-0.25, -0.2) is 0 Å². The first-order valence-electron chi connectivity index (χ1n) is 10.8. The molecule has 0 amide bonds. The zero-order chi connectivity index (χ0) is 23.9. The van der Waals surface area contributed by atoms with Crippen molar-refractivity contribution in [2.24, 2.45) is 0 Å². The first-order valence-corrected chi connectivity index (χ1v) is 10.8. The second-order valence-corrected chi connectivity index (χ2v) is 7.55. The van der Waals surface area contributed by atoms with Crippen LogP contribution in [0.25, 0.3) is 22.4 Å². The van der Waals surface area contributed by atoms with Crippen LogP contribution in [0.2, 0.25) is 0 Å². The second-order valence-electron chi connectivity index (χ2n) is 7.55. The quantitative estimate of drug-likeness (QED) is 0.128. The Hall–Kier alpha value is -4.63. The van der Waals surface area contributed by atoms with Gasteiger partial charge in [-0.1, -0.05) is 60.7 Å². The van der Waals surface area contributed by atoms with E-state index in [1.807, 2.05) is 67.6 Å². The predicted molar refractivity (Wildman–Crippen MR) is 132 cm³/mol. The summed E-state index contributed by atoms with van der Waals surface area (Å²) in [6, 6.07) is 28.0. The SMILES string of the molecule is CCOc1cc(/C=C(/C#N)c2cccc3ccccc23)ccc1OCc1cccc([N+](=O)[O-])c1. The van der Waals surface area contributed by atoms with Gasteiger partial charge in [0, 0.05) is 17.7 Å². The normalized spacial score (nSPS) is 11.1. The number of hydrogen-bond donors (Lipinski definition) is 0. The summed E-state index contributed by atoms with van der Waals surface area (Å²) in [6.45, 7) is 2.48. The summed E-state index contributed by atoms with van der Waals surface area (Å²) in [5, 5.41) is 23.0. The van der Waals surface area contributed by atoms with Crippen molar-refractivity contribution in [3.63, 3.8) is 0 Å². The molecule has 0 heterocycles. The first-order chi connectivity index (χ1) is 16.6. The third kappa shape index (κ3) is 5.05. The summed E-state index contributed by atoms with van der Waals surface area (Å²) in [4.78, 5) is 10.6. The number of benzene rings is 4. The smallest absolute Gasteiger partial charge is 0.269 e. The van der Waals surface area contributed by atoms with Gasteiger partial charge in [0.2, 0.25) is 0 Å². The topological polar surface area (TPSA) is 85.4 Å². The van der Waals surface area contributed by atoms with E-state index in [9.17, 15) is 15.4 Å². The maximum absolute atomic E-state index is 11.0. The van der Waals surface area contributed by atoms with Crippen molar-refractivity contribution in [1.82, 2.24) is 0 Å². The molecular formula is C28H22N2O4.